The van der Waals surface area contributed by atoms with E-state index in [1.54, 1.807) is 0 Å². The van der Waals surface area contributed by atoms with Gasteiger partial charge >= 0.3 is 0 Å². The van der Waals surface area contributed by atoms with Crippen LogP contribution in [0.1, 0.15) is 39.0 Å². The number of anilines is 2. The van der Waals surface area contributed by atoms with Gasteiger partial charge in [0.15, 0.2) is 5.82 Å². The van der Waals surface area contributed by atoms with Crippen molar-refractivity contribution in [3.63, 3.8) is 0 Å². The number of hydrogen-bond acceptors (Lipinski definition) is 4. The maximum Gasteiger partial charge on any atom is 0.163 e. The summed E-state index contributed by atoms with van der Waals surface area (Å²) >= 11 is 0. The van der Waals surface area contributed by atoms with Crippen LogP contribution in [0.15, 0.2) is 36.4 Å². The lowest BCUT2D eigenvalue weighted by Crippen LogP contribution is -2.37. The largest absolute Gasteiger partial charge is 0.384 e. The summed E-state index contributed by atoms with van der Waals surface area (Å²) in [5, 5.41) is 3.58. The van der Waals surface area contributed by atoms with Crippen LogP contribution in [0.2, 0.25) is 0 Å². The summed E-state index contributed by atoms with van der Waals surface area (Å²) in [4.78, 5) is 8.99. The first-order valence-corrected chi connectivity index (χ1v) is 7.63. The number of nitrogens with one attached hydrogen (secondary N) is 1. The van der Waals surface area contributed by atoms with Crippen LogP contribution in [-0.4, -0.2) is 15.5 Å². The summed E-state index contributed by atoms with van der Waals surface area (Å²) in [7, 11) is 0. The number of nitrogen functional groups attached to an aromatic ring is 1. The van der Waals surface area contributed by atoms with E-state index in [9.17, 15) is 0 Å². The lowest BCUT2D eigenvalue weighted by atomic mass is 9.83. The standard InChI is InChI=1S/C17H22N4/c1-17(10-6-3-7-11-17)21-15-12-14(18)19-16(20-15)13-8-4-2-5-9-13/h2,4-5,8-9,12H,3,6-7,10-11H2,1H3,(H3,18,19,20,21). The molecule has 1 aliphatic rings. The molecule has 1 saturated carbocycles. The van der Waals surface area contributed by atoms with Crippen molar-refractivity contribution in [3.8, 4) is 11.4 Å². The molecule has 2 aromatic rings. The van der Waals surface area contributed by atoms with Crippen LogP contribution in [0.3, 0.4) is 0 Å². The molecule has 21 heavy (non-hydrogen) atoms. The molecule has 1 heterocycles. The van der Waals surface area contributed by atoms with Crippen molar-refractivity contribution in [2.24, 2.45) is 0 Å². The third-order valence-electron chi connectivity index (χ3n) is 4.16. The zero-order valence-corrected chi connectivity index (χ0v) is 12.5. The molecule has 0 aliphatic heterocycles. The molecule has 0 atom stereocenters. The summed E-state index contributed by atoms with van der Waals surface area (Å²) in [5.74, 6) is 2.01. The summed E-state index contributed by atoms with van der Waals surface area (Å²) in [6.45, 7) is 2.27. The highest BCUT2D eigenvalue weighted by Crippen LogP contribution is 2.31. The fraction of sp³-hybridized carbons (Fsp3) is 0.412. The van der Waals surface area contributed by atoms with Gasteiger partial charge in [-0.2, -0.15) is 0 Å². The molecule has 3 rings (SSSR count). The van der Waals surface area contributed by atoms with Crippen molar-refractivity contribution >= 4 is 11.6 Å². The van der Waals surface area contributed by atoms with Crippen LogP contribution in [0.25, 0.3) is 11.4 Å². The van der Waals surface area contributed by atoms with Crippen LogP contribution < -0.4 is 11.1 Å². The predicted octanol–water partition coefficient (Wildman–Crippen LogP) is 3.86. The normalized spacial score (nSPS) is 17.4. The number of benzene rings is 1. The van der Waals surface area contributed by atoms with E-state index in [4.69, 9.17) is 5.73 Å². The zero-order chi connectivity index (χ0) is 14.7. The van der Waals surface area contributed by atoms with Crippen LogP contribution in [0.5, 0.6) is 0 Å². The first kappa shape index (κ1) is 13.9. The molecule has 4 nitrogen and oxygen atoms in total. The summed E-state index contributed by atoms with van der Waals surface area (Å²) in [6, 6.07) is 11.8. The first-order valence-electron chi connectivity index (χ1n) is 7.63. The van der Waals surface area contributed by atoms with Gasteiger partial charge in [-0.15, -0.1) is 0 Å². The van der Waals surface area contributed by atoms with Crippen molar-refractivity contribution < 1.29 is 0 Å². The Morgan fingerprint density at radius 2 is 1.76 bits per heavy atom. The van der Waals surface area contributed by atoms with E-state index >= 15 is 0 Å². The van der Waals surface area contributed by atoms with E-state index in [-0.39, 0.29) is 5.54 Å². The van der Waals surface area contributed by atoms with E-state index in [1.807, 2.05) is 36.4 Å². The Balaban J connectivity index is 1.88. The van der Waals surface area contributed by atoms with Gasteiger partial charge < -0.3 is 11.1 Å². The topological polar surface area (TPSA) is 63.8 Å². The summed E-state index contributed by atoms with van der Waals surface area (Å²) < 4.78 is 0. The second kappa shape index (κ2) is 5.72. The molecule has 4 heteroatoms. The minimum atomic E-state index is 0.118. The Morgan fingerprint density at radius 3 is 2.48 bits per heavy atom. The molecule has 1 aromatic carbocycles. The molecule has 0 bridgehead atoms. The van der Waals surface area contributed by atoms with Gasteiger partial charge in [-0.1, -0.05) is 49.6 Å². The van der Waals surface area contributed by atoms with Gasteiger partial charge in [-0.25, -0.2) is 9.97 Å². The van der Waals surface area contributed by atoms with Gasteiger partial charge in [0, 0.05) is 17.2 Å². The molecular weight excluding hydrogens is 260 g/mol. The van der Waals surface area contributed by atoms with E-state index in [0.717, 1.165) is 11.4 Å². The fourth-order valence-electron chi connectivity index (χ4n) is 3.01. The molecule has 0 spiro atoms. The smallest absolute Gasteiger partial charge is 0.163 e. The predicted molar refractivity (Wildman–Crippen MR) is 87.0 cm³/mol. The Hall–Kier alpha value is -2.10. The number of aromatic nitrogens is 2. The number of nitrogens with two attached hydrogens (primary N) is 1. The van der Waals surface area contributed by atoms with E-state index in [1.165, 1.54) is 32.1 Å². The molecule has 3 N–H and O–H groups in total. The second-order valence-corrected chi connectivity index (χ2v) is 6.11. The van der Waals surface area contributed by atoms with E-state index in [0.29, 0.717) is 11.6 Å². The summed E-state index contributed by atoms with van der Waals surface area (Å²) in [5.41, 5.74) is 7.06. The zero-order valence-electron chi connectivity index (χ0n) is 12.5. The average Bonchev–Trinajstić information content (AvgIpc) is 2.48. The van der Waals surface area contributed by atoms with Crippen LogP contribution >= 0.6 is 0 Å². The van der Waals surface area contributed by atoms with Crippen molar-refractivity contribution in [3.05, 3.63) is 36.4 Å². The van der Waals surface area contributed by atoms with Gasteiger partial charge in [0.05, 0.1) is 0 Å². The third-order valence-corrected chi connectivity index (χ3v) is 4.16. The van der Waals surface area contributed by atoms with Gasteiger partial charge in [0.2, 0.25) is 0 Å². The molecule has 1 aliphatic carbocycles. The number of nitrogens with zero attached hydrogens (tertiary/aromatic N) is 2. The van der Waals surface area contributed by atoms with E-state index in [2.05, 4.69) is 22.2 Å². The molecule has 0 unspecified atom stereocenters. The Morgan fingerprint density at radius 1 is 1.05 bits per heavy atom. The lowest BCUT2D eigenvalue weighted by molar-refractivity contribution is 0.348. The van der Waals surface area contributed by atoms with Crippen molar-refractivity contribution in [1.82, 2.24) is 9.97 Å². The Labute approximate surface area is 125 Å². The highest BCUT2D eigenvalue weighted by atomic mass is 15.1. The minimum Gasteiger partial charge on any atom is -0.384 e. The monoisotopic (exact) mass is 282 g/mol. The summed E-state index contributed by atoms with van der Waals surface area (Å²) in [6.07, 6.45) is 6.23. The van der Waals surface area contributed by atoms with Crippen molar-refractivity contribution in [2.75, 3.05) is 11.1 Å². The highest BCUT2D eigenvalue weighted by Gasteiger charge is 2.27. The molecule has 0 radical (unpaired) electrons. The number of hydrogen-bond donors (Lipinski definition) is 2. The molecule has 110 valence electrons. The molecule has 0 amide bonds. The number of rotatable bonds is 3. The Bertz CT molecular complexity index is 603. The maximum atomic E-state index is 5.95. The van der Waals surface area contributed by atoms with Crippen molar-refractivity contribution in [1.29, 1.82) is 0 Å². The third kappa shape index (κ3) is 3.32. The molecule has 0 saturated heterocycles. The quantitative estimate of drug-likeness (QED) is 0.897. The second-order valence-electron chi connectivity index (χ2n) is 6.11. The molecular formula is C17H22N4. The SMILES string of the molecule is CC1(Nc2cc(N)nc(-c3ccccc3)n2)CCCCC1. The fourth-order valence-corrected chi connectivity index (χ4v) is 3.01. The molecule has 1 fully saturated rings. The van der Waals surface area contributed by atoms with Gasteiger partial charge in [-0.3, -0.25) is 0 Å². The average molecular weight is 282 g/mol. The van der Waals surface area contributed by atoms with Crippen LogP contribution in [0.4, 0.5) is 11.6 Å². The Kier molecular flexibility index (Phi) is 3.78. The van der Waals surface area contributed by atoms with Crippen molar-refractivity contribution in [2.45, 2.75) is 44.6 Å². The molecule has 1 aromatic heterocycles. The maximum absolute atomic E-state index is 5.95. The van der Waals surface area contributed by atoms with Gasteiger partial charge in [0.1, 0.15) is 11.6 Å². The lowest BCUT2D eigenvalue weighted by Gasteiger charge is -2.35. The first-order chi connectivity index (χ1) is 10.1. The van der Waals surface area contributed by atoms with Crippen LogP contribution in [-0.2, 0) is 0 Å². The highest BCUT2D eigenvalue weighted by molar-refractivity contribution is 5.60. The minimum absolute atomic E-state index is 0.118. The van der Waals surface area contributed by atoms with Gasteiger partial charge in [0.25, 0.3) is 0 Å². The van der Waals surface area contributed by atoms with Gasteiger partial charge in [-0.05, 0) is 19.8 Å². The van der Waals surface area contributed by atoms with E-state index < -0.39 is 0 Å². The van der Waals surface area contributed by atoms with Crippen LogP contribution in [0, 0.1) is 0 Å².